The number of anilines is 1. The van der Waals surface area contributed by atoms with Crippen molar-refractivity contribution in [1.29, 1.82) is 0 Å². The quantitative estimate of drug-likeness (QED) is 0.423. The predicted molar refractivity (Wildman–Crippen MR) is 107 cm³/mol. The van der Waals surface area contributed by atoms with E-state index in [2.05, 4.69) is 10.5 Å². The van der Waals surface area contributed by atoms with Crippen LogP contribution in [0.4, 0.5) is 10.1 Å². The molecule has 0 spiro atoms. The van der Waals surface area contributed by atoms with Crippen molar-refractivity contribution >= 4 is 29.5 Å². The number of nitrogens with zero attached hydrogens (tertiary/aromatic N) is 1. The number of nitrogens with one attached hydrogen (secondary N) is 1. The number of carboxylic acid groups (broad SMARTS) is 1. The second-order valence-electron chi connectivity index (χ2n) is 5.81. The zero-order valence-corrected chi connectivity index (χ0v) is 15.4. The third-order valence-electron chi connectivity index (χ3n) is 3.84. The summed E-state index contributed by atoms with van der Waals surface area (Å²) in [6.07, 6.45) is 1.59. The smallest absolute Gasteiger partial charge is 0.335 e. The van der Waals surface area contributed by atoms with Crippen molar-refractivity contribution in [1.82, 2.24) is 0 Å². The molecule has 0 heterocycles. The molecular weight excluding hydrogens is 383 g/mol. The average Bonchev–Trinajstić information content (AvgIpc) is 2.68. The van der Waals surface area contributed by atoms with Gasteiger partial charge in [-0.15, -0.1) is 0 Å². The van der Waals surface area contributed by atoms with E-state index < -0.39 is 11.8 Å². The molecule has 0 saturated carbocycles. The number of ether oxygens (including phenoxy) is 1. The first kappa shape index (κ1) is 19.4. The third-order valence-corrected chi connectivity index (χ3v) is 4.20. The molecule has 142 valence electrons. The molecule has 0 aliphatic rings. The average molecular weight is 399 g/mol. The molecule has 0 aliphatic heterocycles. The number of carboxylic acids is 1. The van der Waals surface area contributed by atoms with Crippen molar-refractivity contribution in [3.63, 3.8) is 0 Å². The first-order valence-corrected chi connectivity index (χ1v) is 8.69. The van der Waals surface area contributed by atoms with Crippen molar-refractivity contribution in [2.75, 3.05) is 5.43 Å². The molecule has 0 aliphatic carbocycles. The van der Waals surface area contributed by atoms with Crippen LogP contribution in [0.2, 0.25) is 5.02 Å². The van der Waals surface area contributed by atoms with E-state index in [1.807, 2.05) is 6.07 Å². The van der Waals surface area contributed by atoms with Crippen LogP contribution in [0.15, 0.2) is 71.8 Å². The second kappa shape index (κ2) is 9.01. The van der Waals surface area contributed by atoms with Gasteiger partial charge in [-0.3, -0.25) is 5.43 Å². The molecule has 0 amide bonds. The molecule has 0 fully saturated rings. The molecule has 3 aromatic rings. The van der Waals surface area contributed by atoms with Crippen molar-refractivity contribution in [3.05, 3.63) is 94.3 Å². The maximum Gasteiger partial charge on any atom is 0.335 e. The van der Waals surface area contributed by atoms with E-state index in [1.165, 1.54) is 18.2 Å². The fourth-order valence-electron chi connectivity index (χ4n) is 2.38. The van der Waals surface area contributed by atoms with E-state index in [0.717, 1.165) is 5.56 Å². The lowest BCUT2D eigenvalue weighted by atomic mass is 10.2. The lowest BCUT2D eigenvalue weighted by Crippen LogP contribution is -2.00. The summed E-state index contributed by atoms with van der Waals surface area (Å²) in [5, 5.41) is 13.3. The predicted octanol–water partition coefficient (Wildman–Crippen LogP) is 5.20. The summed E-state index contributed by atoms with van der Waals surface area (Å²) in [5.74, 6) is -0.846. The summed E-state index contributed by atoms with van der Waals surface area (Å²) in [7, 11) is 0. The number of rotatable bonds is 7. The van der Waals surface area contributed by atoms with Gasteiger partial charge in [-0.05, 0) is 54.1 Å². The Kier molecular flexibility index (Phi) is 6.24. The third kappa shape index (κ3) is 5.08. The molecule has 0 aromatic heterocycles. The number of halogens is 2. The van der Waals surface area contributed by atoms with Crippen molar-refractivity contribution in [3.8, 4) is 5.75 Å². The Morgan fingerprint density at radius 2 is 1.89 bits per heavy atom. The Labute approximate surface area is 166 Å². The van der Waals surface area contributed by atoms with E-state index >= 15 is 0 Å². The molecule has 3 aromatic carbocycles. The lowest BCUT2D eigenvalue weighted by molar-refractivity contribution is 0.0697. The van der Waals surface area contributed by atoms with Gasteiger partial charge < -0.3 is 9.84 Å². The first-order valence-electron chi connectivity index (χ1n) is 8.31. The molecule has 0 radical (unpaired) electrons. The van der Waals surface area contributed by atoms with Gasteiger partial charge in [0, 0.05) is 5.56 Å². The van der Waals surface area contributed by atoms with Gasteiger partial charge in [0.2, 0.25) is 0 Å². The van der Waals surface area contributed by atoms with Gasteiger partial charge in [-0.25, -0.2) is 9.18 Å². The fraction of sp³-hybridized carbons (Fsp3) is 0.0476. The number of carbonyl (C=O) groups is 1. The molecular formula is C21H16ClFN2O3. The van der Waals surface area contributed by atoms with Crippen LogP contribution in [-0.4, -0.2) is 17.3 Å². The van der Waals surface area contributed by atoms with Crippen LogP contribution < -0.4 is 10.2 Å². The summed E-state index contributed by atoms with van der Waals surface area (Å²) in [5.41, 5.74) is 4.75. The minimum Gasteiger partial charge on any atom is -0.489 e. The van der Waals surface area contributed by atoms with Gasteiger partial charge in [0.1, 0.15) is 18.2 Å². The molecule has 0 saturated heterocycles. The summed E-state index contributed by atoms with van der Waals surface area (Å²) < 4.78 is 19.4. The highest BCUT2D eigenvalue weighted by molar-refractivity contribution is 6.31. The van der Waals surface area contributed by atoms with Crippen molar-refractivity contribution in [2.45, 2.75) is 6.61 Å². The molecule has 5 nitrogen and oxygen atoms in total. The van der Waals surface area contributed by atoms with Crippen LogP contribution in [-0.2, 0) is 6.61 Å². The molecule has 7 heteroatoms. The number of aromatic carboxylic acids is 1. The van der Waals surface area contributed by atoms with E-state index in [1.54, 1.807) is 48.7 Å². The minimum atomic E-state index is -0.983. The highest BCUT2D eigenvalue weighted by Gasteiger charge is 2.07. The molecule has 0 unspecified atom stereocenters. The highest BCUT2D eigenvalue weighted by atomic mass is 35.5. The van der Waals surface area contributed by atoms with E-state index in [4.69, 9.17) is 21.4 Å². The fourth-order valence-corrected chi connectivity index (χ4v) is 2.60. The summed E-state index contributed by atoms with van der Waals surface area (Å²) >= 11 is 6.00. The molecule has 0 atom stereocenters. The largest absolute Gasteiger partial charge is 0.489 e. The summed E-state index contributed by atoms with van der Waals surface area (Å²) in [6, 6.07) is 17.9. The van der Waals surface area contributed by atoms with Gasteiger partial charge >= 0.3 is 5.97 Å². The Morgan fingerprint density at radius 3 is 2.61 bits per heavy atom. The van der Waals surface area contributed by atoms with Gasteiger partial charge in [-0.2, -0.15) is 5.10 Å². The molecule has 28 heavy (non-hydrogen) atoms. The molecule has 2 N–H and O–H groups in total. The lowest BCUT2D eigenvalue weighted by Gasteiger charge is -2.09. The van der Waals surface area contributed by atoms with E-state index in [-0.39, 0.29) is 12.2 Å². The number of benzene rings is 3. The maximum atomic E-state index is 13.8. The van der Waals surface area contributed by atoms with Crippen LogP contribution in [0, 0.1) is 5.82 Å². The van der Waals surface area contributed by atoms with Crippen LogP contribution in [0.5, 0.6) is 5.75 Å². The van der Waals surface area contributed by atoms with Crippen LogP contribution >= 0.6 is 11.6 Å². The Bertz CT molecular complexity index is 987. The SMILES string of the molecule is O=C(O)c1ccc(N/N=C/c2cccc(OCc3c(F)cccc3Cl)c2)cc1. The monoisotopic (exact) mass is 398 g/mol. The van der Waals surface area contributed by atoms with Crippen molar-refractivity contribution < 1.29 is 19.0 Å². The Balaban J connectivity index is 1.61. The van der Waals surface area contributed by atoms with Gasteiger partial charge in [0.15, 0.2) is 0 Å². The normalized spacial score (nSPS) is 10.8. The highest BCUT2D eigenvalue weighted by Crippen LogP contribution is 2.22. The zero-order valence-electron chi connectivity index (χ0n) is 14.6. The van der Waals surface area contributed by atoms with Gasteiger partial charge in [-0.1, -0.05) is 29.8 Å². The summed E-state index contributed by atoms with van der Waals surface area (Å²) in [4.78, 5) is 10.8. The topological polar surface area (TPSA) is 70.9 Å². The number of hydrogen-bond acceptors (Lipinski definition) is 4. The van der Waals surface area contributed by atoms with Crippen LogP contribution in [0.3, 0.4) is 0 Å². The Hall–Kier alpha value is -3.38. The molecule has 0 bridgehead atoms. The van der Waals surface area contributed by atoms with Gasteiger partial charge in [0.05, 0.1) is 22.5 Å². The van der Waals surface area contributed by atoms with Crippen molar-refractivity contribution in [2.24, 2.45) is 5.10 Å². The number of hydrazone groups is 1. The standard InChI is InChI=1S/C21H16ClFN2O3/c22-19-5-2-6-20(23)18(19)13-28-17-4-1-3-14(11-17)12-24-25-16-9-7-15(8-10-16)21(26)27/h1-12,25H,13H2,(H,26,27)/b24-12+. The molecule has 3 rings (SSSR count). The van der Waals surface area contributed by atoms with Crippen LogP contribution in [0.25, 0.3) is 0 Å². The zero-order chi connectivity index (χ0) is 19.9. The number of hydrogen-bond donors (Lipinski definition) is 2. The van der Waals surface area contributed by atoms with E-state index in [9.17, 15) is 9.18 Å². The maximum absolute atomic E-state index is 13.8. The first-order chi connectivity index (χ1) is 13.5. The summed E-state index contributed by atoms with van der Waals surface area (Å²) in [6.45, 7) is 0.0142. The van der Waals surface area contributed by atoms with Crippen LogP contribution in [0.1, 0.15) is 21.5 Å². The Morgan fingerprint density at radius 1 is 1.14 bits per heavy atom. The van der Waals surface area contributed by atoms with Gasteiger partial charge in [0.25, 0.3) is 0 Å². The van der Waals surface area contributed by atoms with E-state index in [0.29, 0.717) is 22.0 Å². The second-order valence-corrected chi connectivity index (χ2v) is 6.22. The minimum absolute atomic E-state index is 0.0142.